The van der Waals surface area contributed by atoms with Crippen LogP contribution in [0.4, 0.5) is 5.69 Å². The summed E-state index contributed by atoms with van der Waals surface area (Å²) in [5.74, 6) is -0.673. The van der Waals surface area contributed by atoms with Gasteiger partial charge in [0.1, 0.15) is 18.3 Å². The van der Waals surface area contributed by atoms with Crippen LogP contribution < -0.4 is 15.4 Å². The van der Waals surface area contributed by atoms with Crippen LogP contribution >= 0.6 is 11.6 Å². The Morgan fingerprint density at radius 3 is 2.95 bits per heavy atom. The summed E-state index contributed by atoms with van der Waals surface area (Å²) in [6.07, 6.45) is 1.36. The van der Waals surface area contributed by atoms with Gasteiger partial charge in [0.15, 0.2) is 0 Å². The molecule has 1 heterocycles. The predicted molar refractivity (Wildman–Crippen MR) is 83.2 cm³/mol. The van der Waals surface area contributed by atoms with Crippen molar-refractivity contribution in [1.29, 1.82) is 0 Å². The van der Waals surface area contributed by atoms with Crippen molar-refractivity contribution in [3.8, 4) is 5.75 Å². The van der Waals surface area contributed by atoms with Crippen LogP contribution in [0.3, 0.4) is 0 Å². The van der Waals surface area contributed by atoms with Gasteiger partial charge in [0.25, 0.3) is 0 Å². The van der Waals surface area contributed by atoms with Crippen molar-refractivity contribution in [2.75, 3.05) is 32.2 Å². The number of ether oxygens (including phenoxy) is 2. The third-order valence-electron chi connectivity index (χ3n) is 3.35. The first-order valence-corrected chi connectivity index (χ1v) is 7.49. The van der Waals surface area contributed by atoms with Gasteiger partial charge in [0.2, 0.25) is 11.8 Å². The van der Waals surface area contributed by atoms with Crippen molar-refractivity contribution in [2.24, 2.45) is 5.92 Å². The van der Waals surface area contributed by atoms with Crippen LogP contribution in [0.2, 0.25) is 5.02 Å². The fourth-order valence-corrected chi connectivity index (χ4v) is 2.42. The molecule has 1 aromatic carbocycles. The van der Waals surface area contributed by atoms with Crippen molar-refractivity contribution in [2.45, 2.75) is 12.8 Å². The molecule has 1 aliphatic heterocycles. The molecule has 2 rings (SSSR count). The molecular weight excluding hydrogens is 308 g/mol. The first-order chi connectivity index (χ1) is 10.6. The topological polar surface area (TPSA) is 76.7 Å². The maximum absolute atomic E-state index is 12.1. The van der Waals surface area contributed by atoms with E-state index < -0.39 is 5.92 Å². The number of carbonyl (C=O) groups excluding carboxylic acids is 2. The number of piperidine rings is 1. The number of hydrogen-bond acceptors (Lipinski definition) is 4. The zero-order chi connectivity index (χ0) is 15.9. The van der Waals surface area contributed by atoms with Crippen molar-refractivity contribution in [3.63, 3.8) is 0 Å². The van der Waals surface area contributed by atoms with E-state index in [2.05, 4.69) is 10.6 Å². The van der Waals surface area contributed by atoms with Gasteiger partial charge in [-0.3, -0.25) is 9.59 Å². The van der Waals surface area contributed by atoms with Crippen LogP contribution in [0, 0.1) is 5.92 Å². The highest BCUT2D eigenvalue weighted by Crippen LogP contribution is 2.28. The van der Waals surface area contributed by atoms with E-state index in [-0.39, 0.29) is 11.8 Å². The van der Waals surface area contributed by atoms with E-state index >= 15 is 0 Å². The van der Waals surface area contributed by atoms with Gasteiger partial charge in [0, 0.05) is 19.3 Å². The number of amides is 2. The molecule has 0 aliphatic carbocycles. The summed E-state index contributed by atoms with van der Waals surface area (Å²) in [7, 11) is 1.59. The molecule has 0 radical (unpaired) electrons. The number of halogens is 1. The zero-order valence-corrected chi connectivity index (χ0v) is 13.1. The van der Waals surface area contributed by atoms with Gasteiger partial charge in [-0.05, 0) is 31.0 Å². The van der Waals surface area contributed by atoms with E-state index in [1.807, 2.05) is 0 Å². The van der Waals surface area contributed by atoms with Crippen LogP contribution in [-0.2, 0) is 14.3 Å². The van der Waals surface area contributed by atoms with Gasteiger partial charge in [-0.2, -0.15) is 0 Å². The number of rotatable bonds is 6. The molecule has 22 heavy (non-hydrogen) atoms. The number of benzene rings is 1. The van der Waals surface area contributed by atoms with Crippen LogP contribution in [0.15, 0.2) is 18.2 Å². The molecule has 0 aromatic heterocycles. The maximum atomic E-state index is 12.1. The molecule has 1 saturated heterocycles. The van der Waals surface area contributed by atoms with Crippen molar-refractivity contribution in [1.82, 2.24) is 5.32 Å². The van der Waals surface area contributed by atoms with Gasteiger partial charge in [-0.15, -0.1) is 0 Å². The van der Waals surface area contributed by atoms with Crippen molar-refractivity contribution in [3.05, 3.63) is 23.2 Å². The summed E-state index contributed by atoms with van der Waals surface area (Å²) in [5.41, 5.74) is 0.535. The molecule has 0 bridgehead atoms. The molecule has 1 fully saturated rings. The number of nitrogens with one attached hydrogen (secondary N) is 2. The molecule has 2 N–H and O–H groups in total. The molecule has 120 valence electrons. The lowest BCUT2D eigenvalue weighted by Crippen LogP contribution is -2.42. The highest BCUT2D eigenvalue weighted by Gasteiger charge is 2.29. The Balaban J connectivity index is 1.96. The minimum Gasteiger partial charge on any atom is -0.490 e. The van der Waals surface area contributed by atoms with E-state index in [4.69, 9.17) is 21.1 Å². The van der Waals surface area contributed by atoms with Gasteiger partial charge in [-0.1, -0.05) is 11.6 Å². The Morgan fingerprint density at radius 1 is 1.45 bits per heavy atom. The van der Waals surface area contributed by atoms with Gasteiger partial charge >= 0.3 is 0 Å². The Labute approximate surface area is 134 Å². The largest absolute Gasteiger partial charge is 0.490 e. The van der Waals surface area contributed by atoms with E-state index in [0.717, 1.165) is 6.42 Å². The van der Waals surface area contributed by atoms with E-state index in [1.165, 1.54) is 0 Å². The normalized spacial score (nSPS) is 17.7. The third-order valence-corrected chi connectivity index (χ3v) is 3.64. The molecular formula is C15H19ClN2O4. The van der Waals surface area contributed by atoms with Crippen LogP contribution in [0.5, 0.6) is 5.75 Å². The number of hydrogen-bond donors (Lipinski definition) is 2. The second-order valence-electron chi connectivity index (χ2n) is 4.96. The second kappa shape index (κ2) is 8.00. The SMILES string of the molecule is COCCOc1ccc(NC(=O)C2CCCNC2=O)cc1Cl. The smallest absolute Gasteiger partial charge is 0.236 e. The molecule has 1 unspecified atom stereocenters. The lowest BCUT2D eigenvalue weighted by atomic mass is 9.98. The fraction of sp³-hybridized carbons (Fsp3) is 0.467. The minimum atomic E-state index is -0.648. The Morgan fingerprint density at radius 2 is 2.27 bits per heavy atom. The fourth-order valence-electron chi connectivity index (χ4n) is 2.18. The van der Waals surface area contributed by atoms with E-state index in [1.54, 1.807) is 25.3 Å². The first-order valence-electron chi connectivity index (χ1n) is 7.11. The van der Waals surface area contributed by atoms with E-state index in [9.17, 15) is 9.59 Å². The lowest BCUT2D eigenvalue weighted by molar-refractivity contribution is -0.134. The Kier molecular flexibility index (Phi) is 6.03. The Bertz CT molecular complexity index is 550. The van der Waals surface area contributed by atoms with Crippen LogP contribution in [0.1, 0.15) is 12.8 Å². The summed E-state index contributed by atoms with van der Waals surface area (Å²) in [6, 6.07) is 4.96. The molecule has 1 aliphatic rings. The highest BCUT2D eigenvalue weighted by molar-refractivity contribution is 6.32. The molecule has 2 amide bonds. The van der Waals surface area contributed by atoms with Crippen molar-refractivity contribution >= 4 is 29.1 Å². The van der Waals surface area contributed by atoms with Crippen molar-refractivity contribution < 1.29 is 19.1 Å². The van der Waals surface area contributed by atoms with Gasteiger partial charge in [0.05, 0.1) is 11.6 Å². The summed E-state index contributed by atoms with van der Waals surface area (Å²) >= 11 is 6.11. The molecule has 0 saturated carbocycles. The summed E-state index contributed by atoms with van der Waals surface area (Å²) in [4.78, 5) is 23.8. The molecule has 0 spiro atoms. The average Bonchev–Trinajstić information content (AvgIpc) is 2.50. The van der Waals surface area contributed by atoms with Crippen LogP contribution in [-0.4, -0.2) is 38.7 Å². The average molecular weight is 327 g/mol. The zero-order valence-electron chi connectivity index (χ0n) is 12.4. The molecule has 6 nitrogen and oxygen atoms in total. The number of methoxy groups -OCH3 is 1. The lowest BCUT2D eigenvalue weighted by Gasteiger charge is -2.21. The standard InChI is InChI=1S/C15H19ClN2O4/c1-21-7-8-22-13-5-4-10(9-12(13)16)18-15(20)11-3-2-6-17-14(11)19/h4-5,9,11H,2-3,6-8H2,1H3,(H,17,19)(H,18,20). The quantitative estimate of drug-likeness (QED) is 0.617. The maximum Gasteiger partial charge on any atom is 0.236 e. The van der Waals surface area contributed by atoms with Crippen LogP contribution in [0.25, 0.3) is 0 Å². The summed E-state index contributed by atoms with van der Waals surface area (Å²) < 4.78 is 10.3. The van der Waals surface area contributed by atoms with Gasteiger partial charge < -0.3 is 20.1 Å². The summed E-state index contributed by atoms with van der Waals surface area (Å²) in [5, 5.41) is 5.79. The number of anilines is 1. The first kappa shape index (κ1) is 16.6. The number of carbonyl (C=O) groups is 2. The molecule has 7 heteroatoms. The summed E-state index contributed by atoms with van der Waals surface area (Å²) in [6.45, 7) is 1.48. The van der Waals surface area contributed by atoms with Gasteiger partial charge in [-0.25, -0.2) is 0 Å². The predicted octanol–water partition coefficient (Wildman–Crippen LogP) is 1.83. The molecule has 1 atom stereocenters. The van der Waals surface area contributed by atoms with E-state index in [0.29, 0.717) is 42.6 Å². The third kappa shape index (κ3) is 4.35. The highest BCUT2D eigenvalue weighted by atomic mass is 35.5. The minimum absolute atomic E-state index is 0.227. The second-order valence-corrected chi connectivity index (χ2v) is 5.37. The molecule has 1 aromatic rings. The monoisotopic (exact) mass is 326 g/mol. The Hall–Kier alpha value is -1.79.